The summed E-state index contributed by atoms with van der Waals surface area (Å²) < 4.78 is 5.83. The molecule has 17 heavy (non-hydrogen) atoms. The number of hydrogen-bond donors (Lipinski definition) is 1. The van der Waals surface area contributed by atoms with Gasteiger partial charge in [0.25, 0.3) is 0 Å². The van der Waals surface area contributed by atoms with Crippen LogP contribution in [0.4, 0.5) is 0 Å². The summed E-state index contributed by atoms with van der Waals surface area (Å²) in [6, 6.07) is 8.57. The van der Waals surface area contributed by atoms with Crippen LogP contribution < -0.4 is 4.74 Å². The minimum absolute atomic E-state index is 0.379. The zero-order valence-electron chi connectivity index (χ0n) is 10.6. The molecule has 1 aliphatic carbocycles. The van der Waals surface area contributed by atoms with Crippen molar-refractivity contribution in [2.75, 3.05) is 12.4 Å². The first-order chi connectivity index (χ1) is 8.28. The highest BCUT2D eigenvalue weighted by Gasteiger charge is 2.42. The Morgan fingerprint density at radius 1 is 1.24 bits per heavy atom. The van der Waals surface area contributed by atoms with Gasteiger partial charge in [-0.25, -0.2) is 0 Å². The Balaban J connectivity index is 1.81. The standard InChI is InChI=1S/C15H22OS/c1-2-3-4-13-5-7-14(8-6-13)16-11-15(12-17)9-10-15/h5-8,17H,2-4,9-12H2,1H3. The summed E-state index contributed by atoms with van der Waals surface area (Å²) in [4.78, 5) is 0. The van der Waals surface area contributed by atoms with Gasteiger partial charge in [0.15, 0.2) is 0 Å². The van der Waals surface area contributed by atoms with Crippen molar-refractivity contribution in [2.45, 2.75) is 39.0 Å². The maximum atomic E-state index is 5.83. The highest BCUT2D eigenvalue weighted by atomic mass is 32.1. The zero-order chi connectivity index (χ0) is 12.1. The fraction of sp³-hybridized carbons (Fsp3) is 0.600. The molecule has 1 saturated carbocycles. The molecule has 0 radical (unpaired) electrons. The third-order valence-corrected chi connectivity index (χ3v) is 4.25. The molecular formula is C15H22OS. The molecule has 2 heteroatoms. The van der Waals surface area contributed by atoms with E-state index in [1.54, 1.807) is 0 Å². The van der Waals surface area contributed by atoms with Crippen molar-refractivity contribution < 1.29 is 4.74 Å². The van der Waals surface area contributed by atoms with Crippen LogP contribution in [0.2, 0.25) is 0 Å². The first-order valence-corrected chi connectivity index (χ1v) is 7.24. The summed E-state index contributed by atoms with van der Waals surface area (Å²) in [6.07, 6.45) is 6.24. The molecule has 1 aliphatic rings. The molecule has 2 rings (SSSR count). The smallest absolute Gasteiger partial charge is 0.119 e. The lowest BCUT2D eigenvalue weighted by atomic mass is 10.1. The van der Waals surface area contributed by atoms with Gasteiger partial charge in [0.2, 0.25) is 0 Å². The summed E-state index contributed by atoms with van der Waals surface area (Å²) in [6.45, 7) is 3.05. The van der Waals surface area contributed by atoms with E-state index in [1.807, 2.05) is 0 Å². The van der Waals surface area contributed by atoms with Crippen LogP contribution in [0.15, 0.2) is 24.3 Å². The molecule has 1 nitrogen and oxygen atoms in total. The fourth-order valence-corrected chi connectivity index (χ4v) is 2.30. The summed E-state index contributed by atoms with van der Waals surface area (Å²) in [5.41, 5.74) is 1.79. The normalized spacial score (nSPS) is 16.8. The molecule has 0 saturated heterocycles. The monoisotopic (exact) mass is 250 g/mol. The van der Waals surface area contributed by atoms with Gasteiger partial charge in [0.05, 0.1) is 6.61 Å². The average molecular weight is 250 g/mol. The van der Waals surface area contributed by atoms with Gasteiger partial charge in [-0.2, -0.15) is 12.6 Å². The summed E-state index contributed by atoms with van der Waals surface area (Å²) >= 11 is 4.38. The van der Waals surface area contributed by atoms with Gasteiger partial charge in [0.1, 0.15) is 5.75 Å². The van der Waals surface area contributed by atoms with Crippen molar-refractivity contribution in [3.05, 3.63) is 29.8 Å². The molecule has 0 atom stereocenters. The third kappa shape index (κ3) is 3.67. The van der Waals surface area contributed by atoms with Crippen LogP contribution in [0.25, 0.3) is 0 Å². The lowest BCUT2D eigenvalue weighted by Gasteiger charge is -2.13. The van der Waals surface area contributed by atoms with E-state index in [9.17, 15) is 0 Å². The number of hydrogen-bond acceptors (Lipinski definition) is 2. The highest BCUT2D eigenvalue weighted by molar-refractivity contribution is 7.80. The van der Waals surface area contributed by atoms with E-state index in [4.69, 9.17) is 4.74 Å². The molecule has 0 N–H and O–H groups in total. The maximum Gasteiger partial charge on any atom is 0.119 e. The predicted octanol–water partition coefficient (Wildman–Crippen LogP) is 4.12. The quantitative estimate of drug-likeness (QED) is 0.716. The van der Waals surface area contributed by atoms with Gasteiger partial charge in [-0.15, -0.1) is 0 Å². The maximum absolute atomic E-state index is 5.83. The van der Waals surface area contributed by atoms with Crippen molar-refractivity contribution in [3.63, 3.8) is 0 Å². The van der Waals surface area contributed by atoms with E-state index in [1.165, 1.54) is 37.7 Å². The van der Waals surface area contributed by atoms with E-state index in [0.717, 1.165) is 18.1 Å². The lowest BCUT2D eigenvalue weighted by Crippen LogP contribution is -2.14. The van der Waals surface area contributed by atoms with Crippen LogP contribution in [-0.4, -0.2) is 12.4 Å². The molecular weight excluding hydrogens is 228 g/mol. The number of ether oxygens (including phenoxy) is 1. The van der Waals surface area contributed by atoms with Crippen molar-refractivity contribution in [2.24, 2.45) is 5.41 Å². The number of aryl methyl sites for hydroxylation is 1. The van der Waals surface area contributed by atoms with Gasteiger partial charge < -0.3 is 4.74 Å². The molecule has 0 aliphatic heterocycles. The van der Waals surface area contributed by atoms with E-state index < -0.39 is 0 Å². The second kappa shape index (κ2) is 5.81. The summed E-state index contributed by atoms with van der Waals surface area (Å²) in [5, 5.41) is 0. The summed E-state index contributed by atoms with van der Waals surface area (Å²) in [5.74, 6) is 1.94. The van der Waals surface area contributed by atoms with Gasteiger partial charge in [-0.1, -0.05) is 25.5 Å². The number of rotatable bonds is 7. The minimum Gasteiger partial charge on any atom is -0.493 e. The number of unbranched alkanes of at least 4 members (excludes halogenated alkanes) is 1. The number of benzene rings is 1. The second-order valence-electron chi connectivity index (χ2n) is 5.19. The second-order valence-corrected chi connectivity index (χ2v) is 5.51. The molecule has 0 heterocycles. The largest absolute Gasteiger partial charge is 0.493 e. The average Bonchev–Trinajstić information content (AvgIpc) is 3.16. The lowest BCUT2D eigenvalue weighted by molar-refractivity contribution is 0.250. The first-order valence-electron chi connectivity index (χ1n) is 6.61. The molecule has 0 bridgehead atoms. The van der Waals surface area contributed by atoms with Crippen molar-refractivity contribution >= 4 is 12.6 Å². The number of thiol groups is 1. The molecule has 94 valence electrons. The third-order valence-electron chi connectivity index (χ3n) is 3.58. The SMILES string of the molecule is CCCCc1ccc(OCC2(CS)CC2)cc1. The molecule has 0 amide bonds. The highest BCUT2D eigenvalue weighted by Crippen LogP contribution is 2.46. The Morgan fingerprint density at radius 3 is 2.47 bits per heavy atom. The van der Waals surface area contributed by atoms with Crippen LogP contribution in [-0.2, 0) is 6.42 Å². The fourth-order valence-electron chi connectivity index (χ4n) is 1.89. The summed E-state index contributed by atoms with van der Waals surface area (Å²) in [7, 11) is 0. The first kappa shape index (κ1) is 12.8. The van der Waals surface area contributed by atoms with Gasteiger partial charge >= 0.3 is 0 Å². The topological polar surface area (TPSA) is 9.23 Å². The van der Waals surface area contributed by atoms with Gasteiger partial charge in [-0.05, 0) is 49.1 Å². The Morgan fingerprint density at radius 2 is 1.94 bits per heavy atom. The molecule has 0 unspecified atom stereocenters. The van der Waals surface area contributed by atoms with Crippen molar-refractivity contribution in [3.8, 4) is 5.75 Å². The van der Waals surface area contributed by atoms with Crippen LogP contribution in [0.3, 0.4) is 0 Å². The van der Waals surface area contributed by atoms with Crippen molar-refractivity contribution in [1.82, 2.24) is 0 Å². The molecule has 0 spiro atoms. The van der Waals surface area contributed by atoms with Crippen molar-refractivity contribution in [1.29, 1.82) is 0 Å². The van der Waals surface area contributed by atoms with Gasteiger partial charge in [-0.3, -0.25) is 0 Å². The zero-order valence-corrected chi connectivity index (χ0v) is 11.5. The van der Waals surface area contributed by atoms with Gasteiger partial charge in [0, 0.05) is 5.41 Å². The molecule has 0 aromatic heterocycles. The van der Waals surface area contributed by atoms with Crippen LogP contribution in [0.1, 0.15) is 38.2 Å². The van der Waals surface area contributed by atoms with Crippen LogP contribution >= 0.6 is 12.6 Å². The Hall–Kier alpha value is -0.630. The van der Waals surface area contributed by atoms with E-state index in [-0.39, 0.29) is 0 Å². The molecule has 1 fully saturated rings. The minimum atomic E-state index is 0.379. The molecule has 1 aromatic carbocycles. The predicted molar refractivity (Wildman–Crippen MR) is 76.1 cm³/mol. The Bertz CT molecular complexity index is 340. The van der Waals surface area contributed by atoms with Crippen LogP contribution in [0.5, 0.6) is 5.75 Å². The van der Waals surface area contributed by atoms with E-state index in [2.05, 4.69) is 43.8 Å². The van der Waals surface area contributed by atoms with E-state index >= 15 is 0 Å². The van der Waals surface area contributed by atoms with Crippen LogP contribution in [0, 0.1) is 5.41 Å². The van der Waals surface area contributed by atoms with E-state index in [0.29, 0.717) is 5.41 Å². The molecule has 1 aromatic rings. The Labute approximate surface area is 110 Å². The Kier molecular flexibility index (Phi) is 4.38.